The van der Waals surface area contributed by atoms with Crippen molar-refractivity contribution in [2.24, 2.45) is 17.2 Å². The van der Waals surface area contributed by atoms with Crippen molar-refractivity contribution in [3.05, 3.63) is 26.3 Å². The van der Waals surface area contributed by atoms with Gasteiger partial charge in [-0.05, 0) is 12.8 Å². The molecule has 0 aromatic heterocycles. The van der Waals surface area contributed by atoms with Gasteiger partial charge in [0, 0.05) is 0 Å². The first-order chi connectivity index (χ1) is 9.25. The summed E-state index contributed by atoms with van der Waals surface area (Å²) >= 11 is 0. The molecule has 0 fully saturated rings. The van der Waals surface area contributed by atoms with E-state index in [1.165, 1.54) is 0 Å². The zero-order valence-electron chi connectivity index (χ0n) is 11.3. The Labute approximate surface area is 120 Å². The molecule has 3 atom stereocenters. The van der Waals surface area contributed by atoms with Gasteiger partial charge >= 0.3 is 16.5 Å². The Morgan fingerprint density at radius 3 is 1.90 bits per heavy atom. The van der Waals surface area contributed by atoms with Crippen molar-refractivity contribution in [3.63, 3.8) is 0 Å². The average Bonchev–Trinajstić information content (AvgIpc) is 2.37. The maximum atomic E-state index is 10.4. The van der Waals surface area contributed by atoms with Crippen molar-refractivity contribution in [3.8, 4) is 0 Å². The van der Waals surface area contributed by atoms with Crippen molar-refractivity contribution < 1.29 is 28.0 Å². The maximum Gasteiger partial charge on any atom is 0.319 e. The molecular formula is C9H25N3O6P2. The molecule has 3 unspecified atom stereocenters. The molecule has 11 heteroatoms. The summed E-state index contributed by atoms with van der Waals surface area (Å²) in [6.45, 7) is 12.0. The van der Waals surface area contributed by atoms with E-state index in [9.17, 15) is 9.13 Å². The van der Waals surface area contributed by atoms with E-state index in [0.29, 0.717) is 6.42 Å². The van der Waals surface area contributed by atoms with Gasteiger partial charge in [-0.15, -0.1) is 26.3 Å². The Morgan fingerprint density at radius 2 is 1.55 bits per heavy atom. The lowest BCUT2D eigenvalue weighted by molar-refractivity contribution is 0.0459. The van der Waals surface area contributed by atoms with Crippen molar-refractivity contribution in [1.29, 1.82) is 0 Å². The standard InChI is InChI=1S/C5H17N3O6P2.2C2H4/c6-4(2-1-3-13-15(9)10)5(7,8)14-16(11)12;2*1-2/h4,15-16H,1-3,6-8H2,(H,9,10)(H,11,12);2*1-2H2. The summed E-state index contributed by atoms with van der Waals surface area (Å²) in [5.41, 5.74) is 16.2. The second kappa shape index (κ2) is 15.1. The molecule has 122 valence electrons. The molecular weight excluding hydrogens is 308 g/mol. The lowest BCUT2D eigenvalue weighted by Crippen LogP contribution is -2.63. The molecule has 0 aromatic carbocycles. The third kappa shape index (κ3) is 15.7. The maximum absolute atomic E-state index is 10.4. The van der Waals surface area contributed by atoms with Crippen LogP contribution in [-0.4, -0.2) is 28.3 Å². The van der Waals surface area contributed by atoms with Gasteiger partial charge < -0.3 is 20.0 Å². The Hall–Kier alpha value is -0.340. The zero-order chi connectivity index (χ0) is 16.8. The Morgan fingerprint density at radius 1 is 1.10 bits per heavy atom. The summed E-state index contributed by atoms with van der Waals surface area (Å²) in [5.74, 6) is -1.91. The smallest absolute Gasteiger partial charge is 0.319 e. The van der Waals surface area contributed by atoms with E-state index in [1.807, 2.05) is 0 Å². The molecule has 0 amide bonds. The van der Waals surface area contributed by atoms with Crippen LogP contribution >= 0.6 is 16.5 Å². The quantitative estimate of drug-likeness (QED) is 0.178. The van der Waals surface area contributed by atoms with E-state index in [4.69, 9.17) is 27.0 Å². The predicted molar refractivity (Wildman–Crippen MR) is 80.3 cm³/mol. The minimum atomic E-state index is -3.28. The first-order valence-electron chi connectivity index (χ1n) is 5.36. The molecule has 0 saturated carbocycles. The molecule has 0 saturated heterocycles. The van der Waals surface area contributed by atoms with Crippen LogP contribution in [0.3, 0.4) is 0 Å². The van der Waals surface area contributed by atoms with Crippen LogP contribution in [0.1, 0.15) is 12.8 Å². The van der Waals surface area contributed by atoms with Gasteiger partial charge in [-0.2, -0.15) is 0 Å². The fourth-order valence-corrected chi connectivity index (χ4v) is 1.69. The minimum absolute atomic E-state index is 0.0202. The molecule has 0 aliphatic carbocycles. The molecule has 0 rings (SSSR count). The van der Waals surface area contributed by atoms with Gasteiger partial charge in [-0.3, -0.25) is 25.1 Å². The van der Waals surface area contributed by atoms with Crippen molar-refractivity contribution in [2.75, 3.05) is 6.61 Å². The van der Waals surface area contributed by atoms with Crippen LogP contribution < -0.4 is 17.2 Å². The highest BCUT2D eigenvalue weighted by atomic mass is 31.1. The topological polar surface area (TPSA) is 171 Å². The molecule has 0 aromatic rings. The largest absolute Gasteiger partial charge is 0.326 e. The van der Waals surface area contributed by atoms with Crippen molar-refractivity contribution >= 4 is 16.5 Å². The number of nitrogens with two attached hydrogens (primary N) is 3. The van der Waals surface area contributed by atoms with E-state index < -0.39 is 28.4 Å². The number of hydrogen-bond donors (Lipinski definition) is 5. The SMILES string of the molecule is C=C.C=C.NC(CCCO[PH](=O)O)C(N)(N)O[PH](=O)O. The zero-order valence-corrected chi connectivity index (χ0v) is 13.3. The Kier molecular flexibility index (Phi) is 18.6. The van der Waals surface area contributed by atoms with Gasteiger partial charge in [0.05, 0.1) is 12.6 Å². The monoisotopic (exact) mass is 333 g/mol. The fraction of sp³-hybridized carbons (Fsp3) is 0.556. The summed E-state index contributed by atoms with van der Waals surface area (Å²) in [5, 5.41) is 0. The molecule has 8 N–H and O–H groups in total. The lowest BCUT2D eigenvalue weighted by Gasteiger charge is -2.29. The van der Waals surface area contributed by atoms with Crippen LogP contribution in [-0.2, 0) is 18.2 Å². The highest BCUT2D eigenvalue weighted by Gasteiger charge is 2.30. The van der Waals surface area contributed by atoms with Crippen LogP contribution in [0.2, 0.25) is 0 Å². The first-order valence-corrected chi connectivity index (χ1v) is 7.89. The average molecular weight is 333 g/mol. The summed E-state index contributed by atoms with van der Waals surface area (Å²) < 4.78 is 29.3. The van der Waals surface area contributed by atoms with Gasteiger partial charge in [0.1, 0.15) is 0 Å². The normalized spacial score (nSPS) is 14.8. The van der Waals surface area contributed by atoms with Crippen molar-refractivity contribution in [2.45, 2.75) is 24.7 Å². The van der Waals surface area contributed by atoms with Crippen LogP contribution in [0, 0.1) is 0 Å². The molecule has 0 aliphatic rings. The summed E-state index contributed by atoms with van der Waals surface area (Å²) in [6, 6.07) is -0.891. The van der Waals surface area contributed by atoms with Gasteiger partial charge in [0.2, 0.25) is 0 Å². The number of rotatable bonds is 8. The lowest BCUT2D eigenvalue weighted by atomic mass is 10.1. The second-order valence-corrected chi connectivity index (χ2v) is 4.64. The van der Waals surface area contributed by atoms with Crippen LogP contribution in [0.5, 0.6) is 0 Å². The Bertz CT molecular complexity index is 291. The number of hydrogen-bond acceptors (Lipinski definition) is 7. The molecule has 0 spiro atoms. The molecule has 0 bridgehead atoms. The predicted octanol–water partition coefficient (Wildman–Crippen LogP) is 0.0667. The summed E-state index contributed by atoms with van der Waals surface area (Å²) in [4.78, 5) is 16.8. The Balaban J connectivity index is -0.000000656. The van der Waals surface area contributed by atoms with Crippen LogP contribution in [0.25, 0.3) is 0 Å². The molecule has 0 heterocycles. The molecule has 0 aliphatic heterocycles. The summed E-state index contributed by atoms with van der Waals surface area (Å²) in [6.07, 6.45) is 0.543. The van der Waals surface area contributed by atoms with E-state index in [0.717, 1.165) is 0 Å². The van der Waals surface area contributed by atoms with Gasteiger partial charge in [-0.1, -0.05) is 0 Å². The van der Waals surface area contributed by atoms with Gasteiger partial charge in [0.25, 0.3) is 0 Å². The van der Waals surface area contributed by atoms with Crippen LogP contribution in [0.15, 0.2) is 26.3 Å². The van der Waals surface area contributed by atoms with Gasteiger partial charge in [0.15, 0.2) is 5.85 Å². The van der Waals surface area contributed by atoms with E-state index in [1.54, 1.807) is 0 Å². The molecule has 9 nitrogen and oxygen atoms in total. The molecule has 20 heavy (non-hydrogen) atoms. The highest BCUT2D eigenvalue weighted by molar-refractivity contribution is 7.32. The van der Waals surface area contributed by atoms with E-state index in [-0.39, 0.29) is 13.0 Å². The molecule has 0 radical (unpaired) electrons. The van der Waals surface area contributed by atoms with E-state index in [2.05, 4.69) is 35.4 Å². The fourth-order valence-electron chi connectivity index (χ4n) is 0.915. The summed E-state index contributed by atoms with van der Waals surface area (Å²) in [7, 11) is -6.23. The first kappa shape index (κ1) is 24.7. The highest BCUT2D eigenvalue weighted by Crippen LogP contribution is 2.22. The van der Waals surface area contributed by atoms with Crippen LogP contribution in [0.4, 0.5) is 0 Å². The van der Waals surface area contributed by atoms with E-state index >= 15 is 0 Å². The third-order valence-corrected chi connectivity index (χ3v) is 2.71. The minimum Gasteiger partial charge on any atom is -0.326 e. The second-order valence-electron chi connectivity index (χ2n) is 3.08. The van der Waals surface area contributed by atoms with Crippen molar-refractivity contribution in [1.82, 2.24) is 0 Å². The van der Waals surface area contributed by atoms with Gasteiger partial charge in [-0.25, -0.2) is 0 Å². The third-order valence-electron chi connectivity index (χ3n) is 1.73.